The molecule has 0 amide bonds. The van der Waals surface area contributed by atoms with Gasteiger partial charge in [-0.05, 0) is 42.3 Å². The van der Waals surface area contributed by atoms with Crippen molar-refractivity contribution in [2.24, 2.45) is 0 Å². The van der Waals surface area contributed by atoms with Crippen molar-refractivity contribution in [2.75, 3.05) is 0 Å². The van der Waals surface area contributed by atoms with Gasteiger partial charge < -0.3 is 9.15 Å². The molecule has 1 heterocycles. The molecule has 0 bridgehead atoms. The van der Waals surface area contributed by atoms with Crippen molar-refractivity contribution >= 4 is 34.9 Å². The standard InChI is InChI=1S/C18H16ClNO2/c1-2-17(19)21-14-10-7-13(8-11-14)9-12-18-20-15-5-3-4-6-16(15)22-18/h3-12,17H,2H2,1H3/b12-9+. The number of halogens is 1. The molecule has 3 aromatic rings. The summed E-state index contributed by atoms with van der Waals surface area (Å²) in [4.78, 5) is 4.40. The van der Waals surface area contributed by atoms with E-state index in [9.17, 15) is 0 Å². The third kappa shape index (κ3) is 3.49. The van der Waals surface area contributed by atoms with E-state index < -0.39 is 0 Å². The van der Waals surface area contributed by atoms with Gasteiger partial charge in [0.15, 0.2) is 11.1 Å². The number of hydrogen-bond acceptors (Lipinski definition) is 3. The molecule has 0 saturated heterocycles. The van der Waals surface area contributed by atoms with Gasteiger partial charge in [-0.15, -0.1) is 0 Å². The molecular weight excluding hydrogens is 298 g/mol. The minimum atomic E-state index is -0.291. The molecule has 0 aliphatic rings. The Kier molecular flexibility index (Phi) is 4.45. The molecule has 112 valence electrons. The molecule has 3 rings (SSSR count). The van der Waals surface area contributed by atoms with Crippen molar-refractivity contribution in [3.63, 3.8) is 0 Å². The van der Waals surface area contributed by atoms with Crippen molar-refractivity contribution < 1.29 is 9.15 Å². The van der Waals surface area contributed by atoms with Gasteiger partial charge in [-0.2, -0.15) is 0 Å². The predicted molar refractivity (Wildman–Crippen MR) is 89.9 cm³/mol. The molecule has 3 nitrogen and oxygen atoms in total. The van der Waals surface area contributed by atoms with Gasteiger partial charge in [-0.1, -0.05) is 42.8 Å². The Hall–Kier alpha value is -2.26. The first-order valence-electron chi connectivity index (χ1n) is 7.19. The number of oxazole rings is 1. The van der Waals surface area contributed by atoms with E-state index in [0.29, 0.717) is 5.89 Å². The average molecular weight is 314 g/mol. The highest BCUT2D eigenvalue weighted by Gasteiger charge is 2.03. The Bertz CT molecular complexity index is 744. The van der Waals surface area contributed by atoms with Gasteiger partial charge in [0.2, 0.25) is 5.89 Å². The zero-order valence-electron chi connectivity index (χ0n) is 12.2. The maximum Gasteiger partial charge on any atom is 0.220 e. The second-order valence-corrected chi connectivity index (χ2v) is 5.35. The number of nitrogens with zero attached hydrogens (tertiary/aromatic N) is 1. The summed E-state index contributed by atoms with van der Waals surface area (Å²) in [6.07, 6.45) is 4.57. The number of para-hydroxylation sites is 2. The Labute approximate surface area is 134 Å². The second kappa shape index (κ2) is 6.67. The lowest BCUT2D eigenvalue weighted by molar-refractivity contribution is 0.277. The summed E-state index contributed by atoms with van der Waals surface area (Å²) in [5, 5.41) is 0. The molecule has 0 saturated carbocycles. The highest BCUT2D eigenvalue weighted by Crippen LogP contribution is 2.19. The smallest absolute Gasteiger partial charge is 0.220 e. The summed E-state index contributed by atoms with van der Waals surface area (Å²) in [5.41, 5.74) is 2.40. The van der Waals surface area contributed by atoms with Gasteiger partial charge in [0.1, 0.15) is 11.3 Å². The van der Waals surface area contributed by atoms with Crippen LogP contribution in [0.15, 0.2) is 52.9 Å². The van der Waals surface area contributed by atoms with Crippen molar-refractivity contribution in [3.05, 3.63) is 60.0 Å². The van der Waals surface area contributed by atoms with Crippen LogP contribution in [0.2, 0.25) is 0 Å². The molecule has 2 aromatic carbocycles. The number of fused-ring (bicyclic) bond motifs is 1. The van der Waals surface area contributed by atoms with E-state index >= 15 is 0 Å². The van der Waals surface area contributed by atoms with E-state index in [4.69, 9.17) is 20.8 Å². The lowest BCUT2D eigenvalue weighted by Crippen LogP contribution is -2.06. The van der Waals surface area contributed by atoms with E-state index in [0.717, 1.165) is 28.8 Å². The fourth-order valence-electron chi connectivity index (χ4n) is 2.02. The number of aromatic nitrogens is 1. The van der Waals surface area contributed by atoms with E-state index in [-0.39, 0.29) is 5.56 Å². The predicted octanol–water partition coefficient (Wildman–Crippen LogP) is 5.35. The number of benzene rings is 2. The minimum Gasteiger partial charge on any atom is -0.475 e. The van der Waals surface area contributed by atoms with E-state index in [1.165, 1.54) is 0 Å². The van der Waals surface area contributed by atoms with Crippen LogP contribution in [0, 0.1) is 0 Å². The zero-order valence-corrected chi connectivity index (χ0v) is 13.0. The largest absolute Gasteiger partial charge is 0.475 e. The first kappa shape index (κ1) is 14.7. The van der Waals surface area contributed by atoms with Crippen LogP contribution in [0.3, 0.4) is 0 Å². The van der Waals surface area contributed by atoms with Crippen molar-refractivity contribution in [3.8, 4) is 5.75 Å². The normalized spacial score (nSPS) is 12.8. The number of ether oxygens (including phenoxy) is 1. The van der Waals surface area contributed by atoms with Crippen LogP contribution in [-0.4, -0.2) is 10.5 Å². The van der Waals surface area contributed by atoms with Gasteiger partial charge in [0.25, 0.3) is 0 Å². The highest BCUT2D eigenvalue weighted by molar-refractivity contribution is 6.19. The van der Waals surface area contributed by atoms with Crippen LogP contribution >= 0.6 is 11.6 Å². The second-order valence-electron chi connectivity index (χ2n) is 4.86. The molecule has 0 spiro atoms. The third-order valence-electron chi connectivity index (χ3n) is 3.19. The third-order valence-corrected chi connectivity index (χ3v) is 3.59. The van der Waals surface area contributed by atoms with Crippen LogP contribution in [0.4, 0.5) is 0 Å². The lowest BCUT2D eigenvalue weighted by atomic mass is 10.2. The Morgan fingerprint density at radius 2 is 1.91 bits per heavy atom. The average Bonchev–Trinajstić information content (AvgIpc) is 2.97. The van der Waals surface area contributed by atoms with E-state index in [1.807, 2.05) is 67.6 Å². The molecule has 1 atom stereocenters. The Morgan fingerprint density at radius 1 is 1.14 bits per heavy atom. The summed E-state index contributed by atoms with van der Waals surface area (Å²) >= 11 is 5.96. The number of alkyl halides is 1. The summed E-state index contributed by atoms with van der Waals surface area (Å²) in [6.45, 7) is 1.98. The number of hydrogen-bond donors (Lipinski definition) is 0. The molecule has 0 aliphatic carbocycles. The summed E-state index contributed by atoms with van der Waals surface area (Å²) in [6, 6.07) is 15.4. The minimum absolute atomic E-state index is 0.291. The van der Waals surface area contributed by atoms with Gasteiger partial charge >= 0.3 is 0 Å². The molecular formula is C18H16ClNO2. The first-order chi connectivity index (χ1) is 10.7. The van der Waals surface area contributed by atoms with Crippen LogP contribution < -0.4 is 4.74 Å². The molecule has 4 heteroatoms. The SMILES string of the molecule is CCC(Cl)Oc1ccc(/C=C/c2nc3ccccc3o2)cc1. The molecule has 0 N–H and O–H groups in total. The fraction of sp³-hybridized carbons (Fsp3) is 0.167. The van der Waals surface area contributed by atoms with E-state index in [2.05, 4.69) is 4.98 Å². The molecule has 0 fully saturated rings. The highest BCUT2D eigenvalue weighted by atomic mass is 35.5. The van der Waals surface area contributed by atoms with Crippen molar-refractivity contribution in [2.45, 2.75) is 18.9 Å². The maximum atomic E-state index is 5.96. The quantitative estimate of drug-likeness (QED) is 0.595. The van der Waals surface area contributed by atoms with Crippen LogP contribution in [0.5, 0.6) is 5.75 Å². The summed E-state index contributed by atoms with van der Waals surface area (Å²) in [7, 11) is 0. The molecule has 0 radical (unpaired) electrons. The molecule has 22 heavy (non-hydrogen) atoms. The van der Waals surface area contributed by atoms with Crippen molar-refractivity contribution in [1.29, 1.82) is 0 Å². The van der Waals surface area contributed by atoms with Gasteiger partial charge in [-0.3, -0.25) is 0 Å². The van der Waals surface area contributed by atoms with Crippen molar-refractivity contribution in [1.82, 2.24) is 4.98 Å². The van der Waals surface area contributed by atoms with Crippen LogP contribution in [-0.2, 0) is 0 Å². The Morgan fingerprint density at radius 3 is 2.64 bits per heavy atom. The molecule has 1 unspecified atom stereocenters. The van der Waals surface area contributed by atoms with Crippen LogP contribution in [0.1, 0.15) is 24.8 Å². The summed E-state index contributed by atoms with van der Waals surface area (Å²) < 4.78 is 11.2. The monoisotopic (exact) mass is 313 g/mol. The fourth-order valence-corrected chi connectivity index (χ4v) is 2.12. The summed E-state index contributed by atoms with van der Waals surface area (Å²) in [5.74, 6) is 1.36. The molecule has 0 aliphatic heterocycles. The first-order valence-corrected chi connectivity index (χ1v) is 7.62. The lowest BCUT2D eigenvalue weighted by Gasteiger charge is -2.10. The number of rotatable bonds is 5. The van der Waals surface area contributed by atoms with Gasteiger partial charge in [-0.25, -0.2) is 4.98 Å². The van der Waals surface area contributed by atoms with Gasteiger partial charge in [0, 0.05) is 6.08 Å². The maximum absolute atomic E-state index is 5.96. The zero-order chi connectivity index (χ0) is 15.4. The topological polar surface area (TPSA) is 35.3 Å². The molecule has 1 aromatic heterocycles. The van der Waals surface area contributed by atoms with Crippen LogP contribution in [0.25, 0.3) is 23.3 Å². The van der Waals surface area contributed by atoms with Gasteiger partial charge in [0.05, 0.1) is 0 Å². The Balaban J connectivity index is 1.72. The van der Waals surface area contributed by atoms with E-state index in [1.54, 1.807) is 0 Å².